The highest BCUT2D eigenvalue weighted by molar-refractivity contribution is 9.10. The van der Waals surface area contributed by atoms with Crippen LogP contribution in [0.1, 0.15) is 22.7 Å². The van der Waals surface area contributed by atoms with Crippen molar-refractivity contribution in [2.75, 3.05) is 16.8 Å². The van der Waals surface area contributed by atoms with E-state index < -0.39 is 23.4 Å². The Hall–Kier alpha value is -3.64. The lowest BCUT2D eigenvalue weighted by atomic mass is 9.94. The van der Waals surface area contributed by atoms with Crippen LogP contribution in [0.15, 0.2) is 15.5 Å². The molecule has 0 spiro atoms. The molecule has 2 aromatic rings. The van der Waals surface area contributed by atoms with E-state index >= 15 is 0 Å². The zero-order chi connectivity index (χ0) is 19.9. The second kappa shape index (κ2) is 6.59. The minimum absolute atomic E-state index is 0.0192. The van der Waals surface area contributed by atoms with Gasteiger partial charge in [-0.2, -0.15) is 14.9 Å². The Bertz CT molecular complexity index is 1090. The standard InChI is InChI=1S/C15H9BrF2N8O/c16-6-1-4(8(17)9(18)12(6)27)11-7-10(21)5(2-19)13(22)25-14(7)26-15(24-11)23-3-20/h1,11,27H,(H6,21,22,23,24,25,26). The monoisotopic (exact) mass is 434 g/mol. The fourth-order valence-electron chi connectivity index (χ4n) is 2.61. The normalized spacial score (nSPS) is 15.0. The van der Waals surface area contributed by atoms with Crippen molar-refractivity contribution in [1.82, 2.24) is 10.3 Å². The van der Waals surface area contributed by atoms with Crippen LogP contribution in [-0.2, 0) is 0 Å². The molecule has 12 heteroatoms. The zero-order valence-corrected chi connectivity index (χ0v) is 14.8. The number of phenolic OH excluding ortho intramolecular Hbond substituents is 1. The Labute approximate surface area is 159 Å². The molecule has 2 heterocycles. The third-order valence-electron chi connectivity index (χ3n) is 3.81. The summed E-state index contributed by atoms with van der Waals surface area (Å²) in [5.74, 6) is -4.06. The number of fused-ring (bicyclic) bond motifs is 1. The minimum Gasteiger partial charge on any atom is -0.504 e. The highest BCUT2D eigenvalue weighted by Crippen LogP contribution is 2.43. The van der Waals surface area contributed by atoms with Crippen molar-refractivity contribution in [2.45, 2.75) is 6.04 Å². The summed E-state index contributed by atoms with van der Waals surface area (Å²) in [6, 6.07) is 1.63. The number of nitrogen functional groups attached to an aromatic ring is 2. The van der Waals surface area contributed by atoms with Crippen molar-refractivity contribution < 1.29 is 13.9 Å². The van der Waals surface area contributed by atoms with Crippen molar-refractivity contribution in [3.05, 3.63) is 38.9 Å². The minimum atomic E-state index is -1.49. The molecular formula is C15H9BrF2N8O. The predicted molar refractivity (Wildman–Crippen MR) is 95.1 cm³/mol. The molecule has 1 aromatic heterocycles. The summed E-state index contributed by atoms with van der Waals surface area (Å²) in [6.45, 7) is 0. The van der Waals surface area contributed by atoms with Gasteiger partial charge in [-0.05, 0) is 22.0 Å². The van der Waals surface area contributed by atoms with Crippen molar-refractivity contribution in [3.63, 3.8) is 0 Å². The number of anilines is 3. The molecule has 0 radical (unpaired) electrons. The highest BCUT2D eigenvalue weighted by Gasteiger charge is 2.33. The molecule has 136 valence electrons. The molecule has 1 aliphatic rings. The van der Waals surface area contributed by atoms with Gasteiger partial charge in [-0.3, -0.25) is 5.32 Å². The quantitative estimate of drug-likeness (QED) is 0.257. The van der Waals surface area contributed by atoms with Crippen LogP contribution in [0.2, 0.25) is 0 Å². The molecule has 1 aliphatic heterocycles. The number of guanidine groups is 1. The molecule has 1 atom stereocenters. The van der Waals surface area contributed by atoms with E-state index in [2.05, 4.69) is 36.5 Å². The van der Waals surface area contributed by atoms with Crippen LogP contribution in [0.4, 0.5) is 26.1 Å². The van der Waals surface area contributed by atoms with Crippen molar-refractivity contribution in [1.29, 1.82) is 10.5 Å². The molecule has 1 aromatic carbocycles. The van der Waals surface area contributed by atoms with E-state index in [-0.39, 0.29) is 44.4 Å². The smallest absolute Gasteiger partial charge is 0.211 e. The van der Waals surface area contributed by atoms with Crippen LogP contribution < -0.4 is 22.1 Å². The lowest BCUT2D eigenvalue weighted by Crippen LogP contribution is -2.33. The topological polar surface area (TPSA) is 169 Å². The number of halogens is 3. The number of rotatable bonds is 1. The highest BCUT2D eigenvalue weighted by atomic mass is 79.9. The summed E-state index contributed by atoms with van der Waals surface area (Å²) in [7, 11) is 0. The van der Waals surface area contributed by atoms with Gasteiger partial charge in [-0.25, -0.2) is 14.4 Å². The number of benzene rings is 1. The second-order valence-electron chi connectivity index (χ2n) is 5.33. The number of aromatic nitrogens is 1. The Morgan fingerprint density at radius 1 is 1.30 bits per heavy atom. The first-order valence-corrected chi connectivity index (χ1v) is 7.94. The number of hydrogen-bond acceptors (Lipinski definition) is 9. The SMILES string of the molecule is N#CNC1=NC(c2cc(Br)c(O)c(F)c2F)c2c(nc(N)c(C#N)c2N)N1. The van der Waals surface area contributed by atoms with E-state index in [1.165, 1.54) is 0 Å². The first kappa shape index (κ1) is 18.2. The van der Waals surface area contributed by atoms with Crippen LogP contribution in [0.25, 0.3) is 0 Å². The van der Waals surface area contributed by atoms with Crippen LogP contribution in [0, 0.1) is 34.4 Å². The summed E-state index contributed by atoms with van der Waals surface area (Å²) in [6.07, 6.45) is 1.64. The number of aliphatic imine (C=N–C) groups is 1. The van der Waals surface area contributed by atoms with E-state index in [0.717, 1.165) is 6.07 Å². The largest absolute Gasteiger partial charge is 0.504 e. The van der Waals surface area contributed by atoms with Gasteiger partial charge in [0.15, 0.2) is 17.8 Å². The maximum Gasteiger partial charge on any atom is 0.211 e. The van der Waals surface area contributed by atoms with Gasteiger partial charge in [-0.15, -0.1) is 0 Å². The maximum atomic E-state index is 14.5. The number of aromatic hydroxyl groups is 1. The average molecular weight is 435 g/mol. The Balaban J connectivity index is 2.34. The molecule has 0 bridgehead atoms. The zero-order valence-electron chi connectivity index (χ0n) is 13.2. The summed E-state index contributed by atoms with van der Waals surface area (Å²) in [4.78, 5) is 8.12. The van der Waals surface area contributed by atoms with Crippen LogP contribution in [0.5, 0.6) is 5.75 Å². The number of nitrogens with zero attached hydrogens (tertiary/aromatic N) is 4. The number of hydrogen-bond donors (Lipinski definition) is 5. The number of nitrogens with one attached hydrogen (secondary N) is 2. The number of pyridine rings is 1. The number of nitrogens with two attached hydrogens (primary N) is 2. The second-order valence-corrected chi connectivity index (χ2v) is 6.18. The molecule has 1 unspecified atom stereocenters. The van der Waals surface area contributed by atoms with E-state index in [9.17, 15) is 19.1 Å². The Kier molecular flexibility index (Phi) is 4.43. The summed E-state index contributed by atoms with van der Waals surface area (Å²) >= 11 is 2.93. The van der Waals surface area contributed by atoms with Crippen molar-refractivity contribution in [3.8, 4) is 18.0 Å². The summed E-state index contributed by atoms with van der Waals surface area (Å²) < 4.78 is 28.5. The first-order valence-electron chi connectivity index (χ1n) is 7.15. The molecule has 0 aliphatic carbocycles. The third kappa shape index (κ3) is 2.82. The fourth-order valence-corrected chi connectivity index (χ4v) is 3.03. The van der Waals surface area contributed by atoms with Crippen LogP contribution in [0.3, 0.4) is 0 Å². The molecule has 0 saturated heterocycles. The van der Waals surface area contributed by atoms with E-state index in [1.807, 2.05) is 0 Å². The van der Waals surface area contributed by atoms with Crippen LogP contribution in [-0.4, -0.2) is 16.1 Å². The molecule has 3 rings (SSSR count). The van der Waals surface area contributed by atoms with Crippen molar-refractivity contribution >= 4 is 39.2 Å². The van der Waals surface area contributed by atoms with Gasteiger partial charge in [0.1, 0.15) is 29.3 Å². The summed E-state index contributed by atoms with van der Waals surface area (Å²) in [5.41, 5.74) is 11.2. The maximum absolute atomic E-state index is 14.5. The third-order valence-corrected chi connectivity index (χ3v) is 4.42. The lowest BCUT2D eigenvalue weighted by Gasteiger charge is -2.26. The Morgan fingerprint density at radius 3 is 2.63 bits per heavy atom. The van der Waals surface area contributed by atoms with Gasteiger partial charge in [0, 0.05) is 11.1 Å². The molecular weight excluding hydrogens is 426 g/mol. The molecule has 7 N–H and O–H groups in total. The van der Waals surface area contributed by atoms with E-state index in [1.54, 1.807) is 12.3 Å². The van der Waals surface area contributed by atoms with Crippen LogP contribution >= 0.6 is 15.9 Å². The molecule has 0 saturated carbocycles. The van der Waals surface area contributed by atoms with Gasteiger partial charge >= 0.3 is 0 Å². The fraction of sp³-hybridized carbons (Fsp3) is 0.0667. The molecule has 9 nitrogen and oxygen atoms in total. The van der Waals surface area contributed by atoms with E-state index in [4.69, 9.17) is 16.7 Å². The first-order chi connectivity index (χ1) is 12.8. The van der Waals surface area contributed by atoms with Gasteiger partial charge in [0.2, 0.25) is 11.8 Å². The molecule has 0 amide bonds. The molecule has 0 fully saturated rings. The van der Waals surface area contributed by atoms with Gasteiger partial charge in [0.25, 0.3) is 0 Å². The van der Waals surface area contributed by atoms with Gasteiger partial charge in [0.05, 0.1) is 10.2 Å². The number of nitriles is 2. The molecule has 27 heavy (non-hydrogen) atoms. The average Bonchev–Trinajstić information content (AvgIpc) is 2.62. The predicted octanol–water partition coefficient (Wildman–Crippen LogP) is 1.81. The summed E-state index contributed by atoms with van der Waals surface area (Å²) in [5, 5.41) is 32.5. The number of phenols is 1. The van der Waals surface area contributed by atoms with Gasteiger partial charge in [-0.1, -0.05) is 0 Å². The van der Waals surface area contributed by atoms with Crippen molar-refractivity contribution in [2.24, 2.45) is 4.99 Å². The van der Waals surface area contributed by atoms with Gasteiger partial charge < -0.3 is 21.9 Å². The lowest BCUT2D eigenvalue weighted by molar-refractivity contribution is 0.400. The Morgan fingerprint density at radius 2 is 2.00 bits per heavy atom. The van der Waals surface area contributed by atoms with E-state index in [0.29, 0.717) is 0 Å².